The molecule has 0 aliphatic rings. The molecule has 1 rings (SSSR count). The van der Waals surface area contributed by atoms with E-state index in [-0.39, 0.29) is 6.04 Å². The van der Waals surface area contributed by atoms with Crippen LogP contribution in [-0.4, -0.2) is 29.7 Å². The van der Waals surface area contributed by atoms with Crippen LogP contribution in [0.5, 0.6) is 0 Å². The third-order valence-electron chi connectivity index (χ3n) is 2.05. The second kappa shape index (κ2) is 5.54. The van der Waals surface area contributed by atoms with Crippen molar-refractivity contribution in [1.82, 2.24) is 9.97 Å². The number of aromatic nitrogens is 2. The van der Waals surface area contributed by atoms with Crippen LogP contribution in [0.25, 0.3) is 0 Å². The van der Waals surface area contributed by atoms with E-state index in [2.05, 4.69) is 29.1 Å². The molecule has 1 unspecified atom stereocenters. The van der Waals surface area contributed by atoms with Crippen molar-refractivity contribution in [3.8, 4) is 0 Å². The summed E-state index contributed by atoms with van der Waals surface area (Å²) in [5, 5.41) is 3.28. The zero-order chi connectivity index (χ0) is 10.4. The Labute approximate surface area is 84.7 Å². The Bertz CT molecular complexity index is 251. The number of nitrogens with one attached hydrogen (secondary N) is 1. The highest BCUT2D eigenvalue weighted by Gasteiger charge is 2.12. The Balaban J connectivity index is 2.55. The molecule has 0 saturated heterocycles. The minimum Gasteiger partial charge on any atom is -0.383 e. The molecule has 1 heterocycles. The first-order chi connectivity index (χ1) is 6.74. The zero-order valence-corrected chi connectivity index (χ0v) is 8.90. The van der Waals surface area contributed by atoms with Crippen LogP contribution in [-0.2, 0) is 4.74 Å². The van der Waals surface area contributed by atoms with Crippen molar-refractivity contribution >= 4 is 5.82 Å². The minimum atomic E-state index is 0.275. The largest absolute Gasteiger partial charge is 0.383 e. The van der Waals surface area contributed by atoms with Gasteiger partial charge in [0.05, 0.1) is 18.8 Å². The summed E-state index contributed by atoms with van der Waals surface area (Å²) in [6.07, 6.45) is 5.05. The second-order valence-corrected chi connectivity index (χ2v) is 3.54. The summed E-state index contributed by atoms with van der Waals surface area (Å²) >= 11 is 0. The van der Waals surface area contributed by atoms with Crippen molar-refractivity contribution in [3.63, 3.8) is 0 Å². The summed E-state index contributed by atoms with van der Waals surface area (Å²) < 4.78 is 5.13. The predicted octanol–water partition coefficient (Wildman–Crippen LogP) is 1.56. The van der Waals surface area contributed by atoms with Crippen molar-refractivity contribution in [2.45, 2.75) is 19.9 Å². The molecule has 1 aromatic rings. The lowest BCUT2D eigenvalue weighted by atomic mass is 10.1. The third-order valence-corrected chi connectivity index (χ3v) is 2.05. The quantitative estimate of drug-likeness (QED) is 0.774. The lowest BCUT2D eigenvalue weighted by molar-refractivity contribution is 0.171. The molecule has 0 aliphatic carbocycles. The van der Waals surface area contributed by atoms with Gasteiger partial charge in [0, 0.05) is 19.5 Å². The first kappa shape index (κ1) is 10.9. The Kier molecular flexibility index (Phi) is 4.32. The maximum absolute atomic E-state index is 5.13. The average Bonchev–Trinajstić information content (AvgIpc) is 2.18. The summed E-state index contributed by atoms with van der Waals surface area (Å²) in [5.41, 5.74) is 0. The molecule has 1 aromatic heterocycles. The van der Waals surface area contributed by atoms with Gasteiger partial charge in [0.1, 0.15) is 5.82 Å². The number of nitrogens with zero attached hydrogens (tertiary/aromatic N) is 2. The van der Waals surface area contributed by atoms with Gasteiger partial charge in [0.2, 0.25) is 0 Å². The molecule has 0 aromatic carbocycles. The fourth-order valence-electron chi connectivity index (χ4n) is 1.14. The van der Waals surface area contributed by atoms with E-state index in [1.165, 1.54) is 0 Å². The number of ether oxygens (including phenoxy) is 1. The minimum absolute atomic E-state index is 0.275. The van der Waals surface area contributed by atoms with Gasteiger partial charge in [-0.3, -0.25) is 4.98 Å². The van der Waals surface area contributed by atoms with Gasteiger partial charge >= 0.3 is 0 Å². The highest BCUT2D eigenvalue weighted by atomic mass is 16.5. The van der Waals surface area contributed by atoms with Crippen LogP contribution in [0.3, 0.4) is 0 Å². The van der Waals surface area contributed by atoms with Gasteiger partial charge < -0.3 is 10.1 Å². The number of methoxy groups -OCH3 is 1. The van der Waals surface area contributed by atoms with E-state index in [1.807, 2.05) is 0 Å². The van der Waals surface area contributed by atoms with E-state index < -0.39 is 0 Å². The average molecular weight is 195 g/mol. The molecule has 4 nitrogen and oxygen atoms in total. The number of rotatable bonds is 5. The van der Waals surface area contributed by atoms with Crippen LogP contribution < -0.4 is 5.32 Å². The van der Waals surface area contributed by atoms with Gasteiger partial charge in [-0.2, -0.15) is 0 Å². The van der Waals surface area contributed by atoms with Gasteiger partial charge in [0.15, 0.2) is 0 Å². The molecule has 0 fully saturated rings. The van der Waals surface area contributed by atoms with Crippen molar-refractivity contribution in [1.29, 1.82) is 0 Å². The second-order valence-electron chi connectivity index (χ2n) is 3.54. The van der Waals surface area contributed by atoms with Crippen LogP contribution in [0, 0.1) is 5.92 Å². The molecule has 14 heavy (non-hydrogen) atoms. The van der Waals surface area contributed by atoms with Crippen LogP contribution in [0.2, 0.25) is 0 Å². The highest BCUT2D eigenvalue weighted by Crippen LogP contribution is 2.08. The van der Waals surface area contributed by atoms with Gasteiger partial charge in [-0.25, -0.2) is 4.98 Å². The first-order valence-electron chi connectivity index (χ1n) is 4.75. The van der Waals surface area contributed by atoms with E-state index in [1.54, 1.807) is 25.7 Å². The summed E-state index contributed by atoms with van der Waals surface area (Å²) in [5.74, 6) is 1.29. The van der Waals surface area contributed by atoms with Crippen LogP contribution >= 0.6 is 0 Å². The van der Waals surface area contributed by atoms with E-state index >= 15 is 0 Å². The molecule has 0 amide bonds. The van der Waals surface area contributed by atoms with Crippen molar-refractivity contribution < 1.29 is 4.74 Å². The fraction of sp³-hybridized carbons (Fsp3) is 0.600. The normalized spacial score (nSPS) is 12.9. The van der Waals surface area contributed by atoms with E-state index in [0.717, 1.165) is 5.82 Å². The topological polar surface area (TPSA) is 47.0 Å². The smallest absolute Gasteiger partial charge is 0.144 e. The zero-order valence-electron chi connectivity index (χ0n) is 8.90. The number of hydrogen-bond acceptors (Lipinski definition) is 4. The highest BCUT2D eigenvalue weighted by molar-refractivity contribution is 5.31. The van der Waals surface area contributed by atoms with Crippen LogP contribution in [0.4, 0.5) is 5.82 Å². The summed E-state index contributed by atoms with van der Waals surface area (Å²) in [7, 11) is 1.70. The summed E-state index contributed by atoms with van der Waals surface area (Å²) in [6, 6.07) is 0.275. The number of anilines is 1. The molecule has 0 saturated carbocycles. The first-order valence-corrected chi connectivity index (χ1v) is 4.75. The molecule has 0 bridgehead atoms. The van der Waals surface area contributed by atoms with Gasteiger partial charge in [0.25, 0.3) is 0 Å². The van der Waals surface area contributed by atoms with Crippen LogP contribution in [0.1, 0.15) is 13.8 Å². The molecule has 0 radical (unpaired) electrons. The monoisotopic (exact) mass is 195 g/mol. The Morgan fingerprint density at radius 2 is 2.21 bits per heavy atom. The van der Waals surface area contributed by atoms with Crippen molar-refractivity contribution in [2.24, 2.45) is 5.92 Å². The Morgan fingerprint density at radius 3 is 2.71 bits per heavy atom. The third kappa shape index (κ3) is 3.30. The molecular weight excluding hydrogens is 178 g/mol. The summed E-state index contributed by atoms with van der Waals surface area (Å²) in [4.78, 5) is 8.15. The van der Waals surface area contributed by atoms with E-state index in [4.69, 9.17) is 4.74 Å². The van der Waals surface area contributed by atoms with Crippen LogP contribution in [0.15, 0.2) is 18.6 Å². The maximum atomic E-state index is 5.13. The molecule has 0 aliphatic heterocycles. The summed E-state index contributed by atoms with van der Waals surface area (Å²) in [6.45, 7) is 4.97. The molecular formula is C10H17N3O. The van der Waals surface area contributed by atoms with Gasteiger partial charge in [-0.15, -0.1) is 0 Å². The lowest BCUT2D eigenvalue weighted by Crippen LogP contribution is -2.30. The standard InChI is InChI=1S/C10H17N3O/c1-8(2)9(7-14-3)13-10-6-11-4-5-12-10/h4-6,8-9H,7H2,1-3H3,(H,12,13). The van der Waals surface area contributed by atoms with Gasteiger partial charge in [-0.05, 0) is 5.92 Å². The fourth-order valence-corrected chi connectivity index (χ4v) is 1.14. The molecule has 4 heteroatoms. The Morgan fingerprint density at radius 1 is 1.43 bits per heavy atom. The van der Waals surface area contributed by atoms with Gasteiger partial charge in [-0.1, -0.05) is 13.8 Å². The van der Waals surface area contributed by atoms with E-state index in [9.17, 15) is 0 Å². The molecule has 1 N–H and O–H groups in total. The maximum Gasteiger partial charge on any atom is 0.144 e. The van der Waals surface area contributed by atoms with Crippen molar-refractivity contribution in [3.05, 3.63) is 18.6 Å². The predicted molar refractivity (Wildman–Crippen MR) is 56.2 cm³/mol. The SMILES string of the molecule is COCC(Nc1cnccn1)C(C)C. The van der Waals surface area contributed by atoms with E-state index in [0.29, 0.717) is 12.5 Å². The molecule has 1 atom stereocenters. The Hall–Kier alpha value is -1.16. The van der Waals surface area contributed by atoms with Crippen molar-refractivity contribution in [2.75, 3.05) is 19.0 Å². The molecule has 0 spiro atoms. The lowest BCUT2D eigenvalue weighted by Gasteiger charge is -2.21. The molecule has 78 valence electrons. The number of hydrogen-bond donors (Lipinski definition) is 1.